The molecule has 1 atom stereocenters. The Labute approximate surface area is 163 Å². The molecule has 2 bridgehead atoms. The minimum atomic E-state index is -0.247. The number of pyridine rings is 2. The van der Waals surface area contributed by atoms with Crippen molar-refractivity contribution in [3.8, 4) is 0 Å². The van der Waals surface area contributed by atoms with Gasteiger partial charge in [0.1, 0.15) is 11.5 Å². The van der Waals surface area contributed by atoms with Crippen LogP contribution in [0.3, 0.4) is 0 Å². The number of hydrogen-bond donors (Lipinski definition) is 1. The van der Waals surface area contributed by atoms with Crippen LogP contribution in [0.15, 0.2) is 30.5 Å². The summed E-state index contributed by atoms with van der Waals surface area (Å²) in [5, 5.41) is 2.89. The lowest BCUT2D eigenvalue weighted by atomic mass is 10.1. The summed E-state index contributed by atoms with van der Waals surface area (Å²) in [5.74, 6) is 1.68. The average molecular weight is 377 g/mol. The summed E-state index contributed by atoms with van der Waals surface area (Å²) in [4.78, 5) is 38.5. The molecule has 0 spiro atoms. The lowest BCUT2D eigenvalue weighted by Crippen LogP contribution is -2.48. The van der Waals surface area contributed by atoms with Gasteiger partial charge in [-0.15, -0.1) is 0 Å². The summed E-state index contributed by atoms with van der Waals surface area (Å²) in [7, 11) is 0. The third kappa shape index (κ3) is 3.10. The zero-order chi connectivity index (χ0) is 19.3. The highest BCUT2D eigenvalue weighted by atomic mass is 16.2. The van der Waals surface area contributed by atoms with Gasteiger partial charge in [0.15, 0.2) is 11.6 Å². The number of fused-ring (bicyclic) bond motifs is 4. The SMILES string of the molecule is Cc1ccc(NC(=O)N2c3nc(C(=O)CC4CC4)ccc3N3CC[C@H]2C3)nc1. The maximum Gasteiger partial charge on any atom is 0.329 e. The third-order valence-electron chi connectivity index (χ3n) is 5.77. The van der Waals surface area contributed by atoms with Crippen LogP contribution in [0.1, 0.15) is 41.7 Å². The first-order valence-corrected chi connectivity index (χ1v) is 9.90. The number of hydrogen-bond acceptors (Lipinski definition) is 5. The second-order valence-corrected chi connectivity index (χ2v) is 8.02. The molecule has 1 N–H and O–H groups in total. The van der Waals surface area contributed by atoms with Gasteiger partial charge in [0, 0.05) is 25.7 Å². The van der Waals surface area contributed by atoms with Crippen LogP contribution in [0, 0.1) is 12.8 Å². The normalized spacial score (nSPS) is 20.1. The van der Waals surface area contributed by atoms with Crippen LogP contribution >= 0.6 is 0 Å². The summed E-state index contributed by atoms with van der Waals surface area (Å²) in [6.45, 7) is 3.64. The molecule has 2 fully saturated rings. The Morgan fingerprint density at radius 2 is 2.04 bits per heavy atom. The predicted molar refractivity (Wildman–Crippen MR) is 107 cm³/mol. The Bertz CT molecular complexity index is 938. The molecule has 7 nitrogen and oxygen atoms in total. The minimum Gasteiger partial charge on any atom is -0.366 e. The molecule has 2 aliphatic heterocycles. The number of ketones is 1. The molecule has 28 heavy (non-hydrogen) atoms. The molecule has 2 aromatic rings. The van der Waals surface area contributed by atoms with E-state index in [1.165, 1.54) is 0 Å². The maximum absolute atomic E-state index is 13.1. The van der Waals surface area contributed by atoms with Gasteiger partial charge >= 0.3 is 6.03 Å². The zero-order valence-electron chi connectivity index (χ0n) is 15.9. The monoisotopic (exact) mass is 377 g/mol. The first kappa shape index (κ1) is 17.2. The van der Waals surface area contributed by atoms with E-state index in [0.29, 0.717) is 29.7 Å². The number of carbonyl (C=O) groups excluding carboxylic acids is 2. The Hall–Kier alpha value is -2.96. The maximum atomic E-state index is 13.1. The van der Waals surface area contributed by atoms with Gasteiger partial charge in [-0.3, -0.25) is 15.0 Å². The van der Waals surface area contributed by atoms with E-state index in [9.17, 15) is 9.59 Å². The Kier molecular flexibility index (Phi) is 4.03. The molecule has 0 unspecified atom stereocenters. The van der Waals surface area contributed by atoms with E-state index in [0.717, 1.165) is 43.6 Å². The molecular weight excluding hydrogens is 354 g/mol. The molecule has 0 radical (unpaired) electrons. The number of rotatable bonds is 4. The van der Waals surface area contributed by atoms with Gasteiger partial charge in [-0.2, -0.15) is 0 Å². The highest BCUT2D eigenvalue weighted by Gasteiger charge is 2.40. The lowest BCUT2D eigenvalue weighted by Gasteiger charge is -2.35. The van der Waals surface area contributed by atoms with Crippen molar-refractivity contribution >= 4 is 29.1 Å². The molecule has 3 aliphatic rings. The molecule has 4 heterocycles. The summed E-state index contributed by atoms with van der Waals surface area (Å²) < 4.78 is 0. The lowest BCUT2D eigenvalue weighted by molar-refractivity contribution is 0.0971. The molecule has 144 valence electrons. The summed E-state index contributed by atoms with van der Waals surface area (Å²) in [5.41, 5.74) is 2.41. The minimum absolute atomic E-state index is 0.0548. The number of Topliss-reactive ketones (excluding diaryl/α,β-unsaturated/α-hetero) is 1. The average Bonchev–Trinajstić information content (AvgIpc) is 3.41. The summed E-state index contributed by atoms with van der Waals surface area (Å²) in [6.07, 6.45) is 5.42. The highest BCUT2D eigenvalue weighted by Crippen LogP contribution is 2.40. The fraction of sp³-hybridized carbons (Fsp3) is 0.429. The van der Waals surface area contributed by atoms with Crippen molar-refractivity contribution in [3.05, 3.63) is 41.7 Å². The van der Waals surface area contributed by atoms with Crippen LogP contribution in [0.25, 0.3) is 0 Å². The number of aryl methyl sites for hydroxylation is 1. The van der Waals surface area contributed by atoms with Crippen molar-refractivity contribution in [1.82, 2.24) is 9.97 Å². The Balaban J connectivity index is 1.45. The van der Waals surface area contributed by atoms with Gasteiger partial charge in [0.25, 0.3) is 0 Å². The fourth-order valence-corrected chi connectivity index (χ4v) is 4.03. The highest BCUT2D eigenvalue weighted by molar-refractivity contribution is 6.05. The first-order valence-electron chi connectivity index (χ1n) is 9.90. The molecular formula is C21H23N5O2. The van der Waals surface area contributed by atoms with E-state index >= 15 is 0 Å². The first-order chi connectivity index (χ1) is 13.6. The Morgan fingerprint density at radius 1 is 1.18 bits per heavy atom. The number of nitrogens with zero attached hydrogens (tertiary/aromatic N) is 4. The van der Waals surface area contributed by atoms with Crippen molar-refractivity contribution in [2.45, 2.75) is 38.6 Å². The van der Waals surface area contributed by atoms with Crippen molar-refractivity contribution < 1.29 is 9.59 Å². The van der Waals surface area contributed by atoms with Crippen molar-refractivity contribution in [2.75, 3.05) is 28.2 Å². The fourth-order valence-electron chi connectivity index (χ4n) is 4.03. The molecule has 2 amide bonds. The number of aromatic nitrogens is 2. The number of anilines is 3. The van der Waals surface area contributed by atoms with E-state index in [1.54, 1.807) is 23.2 Å². The van der Waals surface area contributed by atoms with Gasteiger partial charge in [-0.25, -0.2) is 14.8 Å². The van der Waals surface area contributed by atoms with Crippen molar-refractivity contribution in [1.29, 1.82) is 0 Å². The topological polar surface area (TPSA) is 78.4 Å². The smallest absolute Gasteiger partial charge is 0.329 e. The van der Waals surface area contributed by atoms with Gasteiger partial charge in [-0.05, 0) is 55.9 Å². The van der Waals surface area contributed by atoms with Gasteiger partial charge in [0.2, 0.25) is 0 Å². The zero-order valence-corrected chi connectivity index (χ0v) is 15.9. The van der Waals surface area contributed by atoms with E-state index in [2.05, 4.69) is 20.2 Å². The van der Waals surface area contributed by atoms with Crippen LogP contribution in [0.5, 0.6) is 0 Å². The van der Waals surface area contributed by atoms with Crippen LogP contribution < -0.4 is 15.1 Å². The Morgan fingerprint density at radius 3 is 2.79 bits per heavy atom. The molecule has 1 aliphatic carbocycles. The van der Waals surface area contributed by atoms with Gasteiger partial charge in [-0.1, -0.05) is 6.07 Å². The molecule has 5 rings (SSSR count). The quantitative estimate of drug-likeness (QED) is 0.826. The summed E-state index contributed by atoms with van der Waals surface area (Å²) in [6, 6.07) is 7.26. The molecule has 7 heteroatoms. The van der Waals surface area contributed by atoms with Crippen molar-refractivity contribution in [3.63, 3.8) is 0 Å². The molecule has 1 saturated carbocycles. The molecule has 2 aromatic heterocycles. The van der Waals surface area contributed by atoms with Gasteiger partial charge < -0.3 is 4.90 Å². The number of nitrogens with one attached hydrogen (secondary N) is 1. The number of urea groups is 1. The standard InChI is InChI=1S/C21H23N5O2/c1-13-2-7-19(22-11-13)24-21(28)26-15-8-9-25(12-15)17-6-5-16(23-20(17)26)18(27)10-14-3-4-14/h2,5-7,11,14-15H,3-4,8-10,12H2,1H3,(H,22,24,28)/t15-/m0/s1. The second-order valence-electron chi connectivity index (χ2n) is 8.02. The summed E-state index contributed by atoms with van der Waals surface area (Å²) >= 11 is 0. The van der Waals surface area contributed by atoms with Gasteiger partial charge in [0.05, 0.1) is 11.7 Å². The predicted octanol–water partition coefficient (Wildman–Crippen LogP) is 3.40. The second kappa shape index (κ2) is 6.58. The van der Waals surface area contributed by atoms with Crippen molar-refractivity contribution in [2.24, 2.45) is 5.92 Å². The van der Waals surface area contributed by atoms with Crippen LogP contribution in [-0.4, -0.2) is 40.9 Å². The third-order valence-corrected chi connectivity index (χ3v) is 5.77. The largest absolute Gasteiger partial charge is 0.366 e. The van der Waals surface area contributed by atoms with E-state index in [4.69, 9.17) is 0 Å². The van der Waals surface area contributed by atoms with Crippen LogP contribution in [0.2, 0.25) is 0 Å². The molecule has 0 aromatic carbocycles. The van der Waals surface area contributed by atoms with E-state index in [1.807, 2.05) is 19.1 Å². The molecule has 1 saturated heterocycles. The van der Waals surface area contributed by atoms with E-state index < -0.39 is 0 Å². The van der Waals surface area contributed by atoms with Crippen LogP contribution in [0.4, 0.5) is 22.1 Å². The number of carbonyl (C=O) groups is 2. The van der Waals surface area contributed by atoms with Crippen LogP contribution in [-0.2, 0) is 0 Å². The van der Waals surface area contributed by atoms with E-state index in [-0.39, 0.29) is 17.9 Å². The number of amides is 2.